The van der Waals surface area contributed by atoms with Crippen molar-refractivity contribution in [2.24, 2.45) is 0 Å². The molecule has 2 amide bonds. The van der Waals surface area contributed by atoms with E-state index in [1.54, 1.807) is 31.2 Å². The minimum Gasteiger partial charge on any atom is -0.465 e. The SMILES string of the molecule is Cc1cc(F)ccc1N1CCN(C(=O)O)CC1C(=O)NCCc1cc(Cl)ccc1Cl. The summed E-state index contributed by atoms with van der Waals surface area (Å²) in [7, 11) is 0. The second-order valence-corrected chi connectivity index (χ2v) is 7.99. The van der Waals surface area contributed by atoms with Gasteiger partial charge in [0, 0.05) is 35.4 Å². The largest absolute Gasteiger partial charge is 0.465 e. The molecule has 0 spiro atoms. The van der Waals surface area contributed by atoms with Gasteiger partial charge in [0.05, 0.1) is 6.54 Å². The van der Waals surface area contributed by atoms with Gasteiger partial charge >= 0.3 is 6.09 Å². The first-order valence-electron chi connectivity index (χ1n) is 9.48. The number of hydrogen-bond donors (Lipinski definition) is 2. The lowest BCUT2D eigenvalue weighted by molar-refractivity contribution is -0.123. The zero-order chi connectivity index (χ0) is 21.8. The molecule has 2 aromatic rings. The van der Waals surface area contributed by atoms with Crippen LogP contribution in [0.15, 0.2) is 36.4 Å². The molecule has 1 fully saturated rings. The van der Waals surface area contributed by atoms with Gasteiger partial charge in [-0.1, -0.05) is 23.2 Å². The van der Waals surface area contributed by atoms with Gasteiger partial charge < -0.3 is 20.2 Å². The molecule has 0 aromatic heterocycles. The third-order valence-corrected chi connectivity index (χ3v) is 5.73. The average molecular weight is 454 g/mol. The van der Waals surface area contributed by atoms with Crippen LogP contribution in [0.25, 0.3) is 0 Å². The number of carboxylic acid groups (broad SMARTS) is 1. The van der Waals surface area contributed by atoms with Gasteiger partial charge in [0.15, 0.2) is 0 Å². The first-order chi connectivity index (χ1) is 14.3. The van der Waals surface area contributed by atoms with Gasteiger partial charge in [-0.3, -0.25) is 4.79 Å². The Labute approximate surface area is 184 Å². The fourth-order valence-electron chi connectivity index (χ4n) is 3.58. The highest BCUT2D eigenvalue weighted by molar-refractivity contribution is 6.33. The molecule has 1 heterocycles. The van der Waals surface area contributed by atoms with Crippen LogP contribution < -0.4 is 10.2 Å². The number of nitrogens with zero attached hydrogens (tertiary/aromatic N) is 2. The minimum atomic E-state index is -1.08. The highest BCUT2D eigenvalue weighted by atomic mass is 35.5. The Hall–Kier alpha value is -2.51. The van der Waals surface area contributed by atoms with Gasteiger partial charge in [-0.2, -0.15) is 0 Å². The lowest BCUT2D eigenvalue weighted by Crippen LogP contribution is -2.60. The van der Waals surface area contributed by atoms with Crippen molar-refractivity contribution in [2.75, 3.05) is 31.1 Å². The first kappa shape index (κ1) is 22.2. The highest BCUT2D eigenvalue weighted by Gasteiger charge is 2.35. The van der Waals surface area contributed by atoms with Crippen molar-refractivity contribution in [3.63, 3.8) is 0 Å². The Balaban J connectivity index is 1.74. The van der Waals surface area contributed by atoms with Gasteiger partial charge in [-0.25, -0.2) is 9.18 Å². The van der Waals surface area contributed by atoms with Crippen LogP contribution in [-0.2, 0) is 11.2 Å². The molecule has 1 saturated heterocycles. The molecule has 2 aromatic carbocycles. The van der Waals surface area contributed by atoms with Crippen LogP contribution in [0, 0.1) is 12.7 Å². The number of aryl methyl sites for hydroxylation is 1. The molecule has 1 aliphatic heterocycles. The quantitative estimate of drug-likeness (QED) is 0.718. The molecular formula is C21H22Cl2FN3O3. The molecule has 0 bridgehead atoms. The summed E-state index contributed by atoms with van der Waals surface area (Å²) in [6, 6.07) is 8.76. The Morgan fingerprint density at radius 2 is 1.97 bits per heavy atom. The Bertz CT molecular complexity index is 957. The molecule has 6 nitrogen and oxygen atoms in total. The molecule has 0 radical (unpaired) electrons. The molecule has 1 unspecified atom stereocenters. The van der Waals surface area contributed by atoms with Gasteiger partial charge in [0.1, 0.15) is 11.9 Å². The minimum absolute atomic E-state index is 0.0237. The number of nitrogens with one attached hydrogen (secondary N) is 1. The van der Waals surface area contributed by atoms with E-state index in [0.717, 1.165) is 5.56 Å². The average Bonchev–Trinajstić information content (AvgIpc) is 2.70. The Kier molecular flexibility index (Phi) is 7.05. The monoisotopic (exact) mass is 453 g/mol. The zero-order valence-electron chi connectivity index (χ0n) is 16.4. The predicted octanol–water partition coefficient (Wildman–Crippen LogP) is 3.97. The Morgan fingerprint density at radius 1 is 1.20 bits per heavy atom. The summed E-state index contributed by atoms with van der Waals surface area (Å²) in [5.41, 5.74) is 2.20. The fraction of sp³-hybridized carbons (Fsp3) is 0.333. The molecule has 0 saturated carbocycles. The smallest absolute Gasteiger partial charge is 0.407 e. The van der Waals surface area contributed by atoms with Crippen LogP contribution in [0.4, 0.5) is 14.9 Å². The second-order valence-electron chi connectivity index (χ2n) is 7.15. The number of hydrogen-bond acceptors (Lipinski definition) is 3. The topological polar surface area (TPSA) is 72.9 Å². The van der Waals surface area contributed by atoms with E-state index in [2.05, 4.69) is 5.32 Å². The number of amides is 2. The number of carbonyl (C=O) groups excluding carboxylic acids is 1. The zero-order valence-corrected chi connectivity index (χ0v) is 17.9. The van der Waals surface area contributed by atoms with Gasteiger partial charge in [-0.05, 0) is 60.9 Å². The maximum Gasteiger partial charge on any atom is 0.407 e. The van der Waals surface area contributed by atoms with Crippen molar-refractivity contribution in [3.8, 4) is 0 Å². The number of benzene rings is 2. The summed E-state index contributed by atoms with van der Waals surface area (Å²) in [4.78, 5) is 27.5. The van der Waals surface area contributed by atoms with Crippen LogP contribution in [-0.4, -0.2) is 54.2 Å². The summed E-state index contributed by atoms with van der Waals surface area (Å²) >= 11 is 12.2. The van der Waals surface area contributed by atoms with Crippen molar-refractivity contribution in [1.82, 2.24) is 10.2 Å². The van der Waals surface area contributed by atoms with E-state index in [-0.39, 0.29) is 24.8 Å². The van der Waals surface area contributed by atoms with Crippen molar-refractivity contribution >= 4 is 40.9 Å². The lowest BCUT2D eigenvalue weighted by atomic mass is 10.1. The number of piperazine rings is 1. The maximum atomic E-state index is 13.5. The normalized spacial score (nSPS) is 16.5. The summed E-state index contributed by atoms with van der Waals surface area (Å²) in [6.45, 7) is 2.69. The number of carbonyl (C=O) groups is 2. The molecule has 1 aliphatic rings. The molecule has 30 heavy (non-hydrogen) atoms. The van der Waals surface area contributed by atoms with Gasteiger partial charge in [0.2, 0.25) is 5.91 Å². The highest BCUT2D eigenvalue weighted by Crippen LogP contribution is 2.26. The van der Waals surface area contributed by atoms with Gasteiger partial charge in [0.25, 0.3) is 0 Å². The molecule has 9 heteroatoms. The predicted molar refractivity (Wildman–Crippen MR) is 115 cm³/mol. The van der Waals surface area contributed by atoms with Crippen molar-refractivity contribution in [2.45, 2.75) is 19.4 Å². The molecule has 2 N–H and O–H groups in total. The number of rotatable bonds is 5. The van der Waals surface area contributed by atoms with Crippen LogP contribution in [0.3, 0.4) is 0 Å². The molecular weight excluding hydrogens is 432 g/mol. The van der Waals surface area contributed by atoms with E-state index in [1.165, 1.54) is 17.0 Å². The Morgan fingerprint density at radius 3 is 2.67 bits per heavy atom. The van der Waals surface area contributed by atoms with E-state index in [4.69, 9.17) is 23.2 Å². The van der Waals surface area contributed by atoms with Crippen molar-refractivity contribution in [3.05, 3.63) is 63.4 Å². The molecule has 1 atom stereocenters. The third-order valence-electron chi connectivity index (χ3n) is 5.12. The van der Waals surface area contributed by atoms with Gasteiger partial charge in [-0.15, -0.1) is 0 Å². The van der Waals surface area contributed by atoms with E-state index in [0.29, 0.717) is 40.8 Å². The summed E-state index contributed by atoms with van der Waals surface area (Å²) in [6.07, 6.45) is -0.593. The molecule has 0 aliphatic carbocycles. The van der Waals surface area contributed by atoms with E-state index >= 15 is 0 Å². The van der Waals surface area contributed by atoms with Crippen LogP contribution in [0.2, 0.25) is 10.0 Å². The molecule has 3 rings (SSSR count). The van der Waals surface area contributed by atoms with E-state index in [1.807, 2.05) is 4.90 Å². The third kappa shape index (κ3) is 5.15. The van der Waals surface area contributed by atoms with E-state index in [9.17, 15) is 19.1 Å². The maximum absolute atomic E-state index is 13.5. The number of anilines is 1. The second kappa shape index (κ2) is 9.53. The summed E-state index contributed by atoms with van der Waals surface area (Å²) < 4.78 is 13.5. The van der Waals surface area contributed by atoms with Crippen molar-refractivity contribution in [1.29, 1.82) is 0 Å². The van der Waals surface area contributed by atoms with E-state index < -0.39 is 12.1 Å². The summed E-state index contributed by atoms with van der Waals surface area (Å²) in [5.74, 6) is -0.664. The first-order valence-corrected chi connectivity index (χ1v) is 10.2. The van der Waals surface area contributed by atoms with Crippen LogP contribution in [0.1, 0.15) is 11.1 Å². The number of halogens is 3. The van der Waals surface area contributed by atoms with Crippen LogP contribution >= 0.6 is 23.2 Å². The van der Waals surface area contributed by atoms with Crippen LogP contribution in [0.5, 0.6) is 0 Å². The fourth-order valence-corrected chi connectivity index (χ4v) is 3.99. The standard InChI is InChI=1S/C21H22Cl2FN3O3/c1-13-10-16(24)3-5-18(13)27-9-8-26(21(29)30)12-19(27)20(28)25-7-6-14-11-15(22)2-4-17(14)23/h2-5,10-11,19H,6-9,12H2,1H3,(H,25,28)(H,29,30). The van der Waals surface area contributed by atoms with Crippen molar-refractivity contribution < 1.29 is 19.1 Å². The lowest BCUT2D eigenvalue weighted by Gasteiger charge is -2.41. The molecule has 160 valence electrons. The summed E-state index contributed by atoms with van der Waals surface area (Å²) in [5, 5.41) is 13.3.